The third-order valence-corrected chi connectivity index (χ3v) is 4.66. The van der Waals surface area contributed by atoms with Crippen LogP contribution in [0, 0.1) is 0 Å². The quantitative estimate of drug-likeness (QED) is 0.683. The zero-order chi connectivity index (χ0) is 19.3. The van der Waals surface area contributed by atoms with E-state index in [1.165, 1.54) is 0 Å². The largest absolute Gasteiger partial charge is 0.473 e. The van der Waals surface area contributed by atoms with E-state index in [4.69, 9.17) is 4.74 Å². The number of carbonyl (C=O) groups is 1. The summed E-state index contributed by atoms with van der Waals surface area (Å²) in [5.74, 6) is 1.01. The van der Waals surface area contributed by atoms with Crippen LogP contribution in [0.25, 0.3) is 0 Å². The van der Waals surface area contributed by atoms with Crippen LogP contribution < -0.4 is 15.4 Å². The summed E-state index contributed by atoms with van der Waals surface area (Å²) in [5.41, 5.74) is 2.02. The van der Waals surface area contributed by atoms with Crippen LogP contribution in [0.5, 0.6) is 5.88 Å². The van der Waals surface area contributed by atoms with Gasteiger partial charge in [-0.25, -0.2) is 4.98 Å². The molecule has 2 aromatic heterocycles. The van der Waals surface area contributed by atoms with Crippen molar-refractivity contribution in [2.45, 2.75) is 31.5 Å². The monoisotopic (exact) mass is 378 g/mol. The summed E-state index contributed by atoms with van der Waals surface area (Å²) in [6, 6.07) is 11.4. The molecule has 0 unspecified atom stereocenters. The number of hydrogen-bond donors (Lipinski definition) is 2. The highest BCUT2D eigenvalue weighted by molar-refractivity contribution is 5.77. The van der Waals surface area contributed by atoms with Crippen molar-refractivity contribution in [1.29, 1.82) is 0 Å². The van der Waals surface area contributed by atoms with E-state index in [1.54, 1.807) is 23.1 Å². The number of benzene rings is 1. The van der Waals surface area contributed by atoms with E-state index in [1.807, 2.05) is 43.6 Å². The molecule has 1 aliphatic heterocycles. The van der Waals surface area contributed by atoms with Crippen LogP contribution in [0.2, 0.25) is 0 Å². The van der Waals surface area contributed by atoms with Gasteiger partial charge in [-0.3, -0.25) is 9.48 Å². The first-order chi connectivity index (χ1) is 13.7. The molecule has 0 radical (unpaired) electrons. The Kier molecular flexibility index (Phi) is 5.18. The minimum Gasteiger partial charge on any atom is -0.473 e. The molecule has 3 heterocycles. The Morgan fingerprint density at radius 2 is 2.14 bits per heavy atom. The number of hydrogen-bond acceptors (Lipinski definition) is 6. The first-order valence-corrected chi connectivity index (χ1v) is 9.21. The smallest absolute Gasteiger partial charge is 0.226 e. The van der Waals surface area contributed by atoms with Gasteiger partial charge in [-0.2, -0.15) is 10.1 Å². The zero-order valence-corrected chi connectivity index (χ0v) is 15.6. The molecule has 2 N–H and O–H groups in total. The average molecular weight is 378 g/mol. The van der Waals surface area contributed by atoms with Gasteiger partial charge in [0.2, 0.25) is 17.7 Å². The minimum absolute atomic E-state index is 0.0350. The molecule has 3 aromatic rings. The molecule has 4 rings (SSSR count). The van der Waals surface area contributed by atoms with E-state index in [0.717, 1.165) is 11.1 Å². The fraction of sp³-hybridized carbons (Fsp3) is 0.300. The Balaban J connectivity index is 1.45. The Hall–Kier alpha value is -3.42. The second kappa shape index (κ2) is 8.08. The number of aromatic nitrogens is 4. The molecule has 28 heavy (non-hydrogen) atoms. The van der Waals surface area contributed by atoms with Gasteiger partial charge in [0.15, 0.2) is 0 Å². The molecule has 144 valence electrons. The lowest BCUT2D eigenvalue weighted by Gasteiger charge is -2.32. The number of nitrogens with zero attached hydrogens (tertiary/aromatic N) is 4. The number of carbonyl (C=O) groups excluding carboxylic acids is 1. The molecule has 0 saturated carbocycles. The van der Waals surface area contributed by atoms with E-state index in [2.05, 4.69) is 25.7 Å². The highest BCUT2D eigenvalue weighted by Crippen LogP contribution is 2.26. The van der Waals surface area contributed by atoms with Gasteiger partial charge in [-0.05, 0) is 12.0 Å². The predicted octanol–water partition coefficient (Wildman–Crippen LogP) is 2.22. The van der Waals surface area contributed by atoms with Gasteiger partial charge in [0.1, 0.15) is 6.61 Å². The van der Waals surface area contributed by atoms with E-state index in [9.17, 15) is 4.79 Å². The highest BCUT2D eigenvalue weighted by atomic mass is 16.5. The molecular formula is C20H22N6O2. The second-order valence-electron chi connectivity index (χ2n) is 6.77. The molecule has 0 bridgehead atoms. The Labute approximate surface area is 163 Å². The number of nitrogens with one attached hydrogen (secondary N) is 2. The molecule has 1 aliphatic rings. The van der Waals surface area contributed by atoms with Crippen molar-refractivity contribution < 1.29 is 9.53 Å². The van der Waals surface area contributed by atoms with Gasteiger partial charge in [0.05, 0.1) is 18.3 Å². The van der Waals surface area contributed by atoms with Gasteiger partial charge >= 0.3 is 0 Å². The van der Waals surface area contributed by atoms with Crippen LogP contribution in [0.3, 0.4) is 0 Å². The summed E-state index contributed by atoms with van der Waals surface area (Å²) < 4.78 is 7.50. The van der Waals surface area contributed by atoms with E-state index < -0.39 is 0 Å². The molecule has 0 spiro atoms. The Morgan fingerprint density at radius 3 is 2.93 bits per heavy atom. The highest BCUT2D eigenvalue weighted by Gasteiger charge is 2.31. The number of piperidine rings is 1. The van der Waals surface area contributed by atoms with Crippen LogP contribution in [0.15, 0.2) is 55.0 Å². The molecule has 8 heteroatoms. The van der Waals surface area contributed by atoms with E-state index >= 15 is 0 Å². The van der Waals surface area contributed by atoms with E-state index in [0.29, 0.717) is 31.3 Å². The lowest BCUT2D eigenvalue weighted by atomic mass is 9.94. The molecule has 1 fully saturated rings. The van der Waals surface area contributed by atoms with Crippen molar-refractivity contribution in [2.75, 3.05) is 5.32 Å². The summed E-state index contributed by atoms with van der Waals surface area (Å²) in [7, 11) is 1.85. The van der Waals surface area contributed by atoms with Crippen molar-refractivity contribution in [3.8, 4) is 5.88 Å². The fourth-order valence-electron chi connectivity index (χ4n) is 3.26. The normalized spacial score (nSPS) is 19.1. The molecule has 1 amide bonds. The Bertz CT molecular complexity index is 943. The maximum Gasteiger partial charge on any atom is 0.226 e. The maximum absolute atomic E-state index is 11.9. The standard InChI is InChI=1S/C20H22N6O2/c1-26-12-15(11-22-26)19-16(7-8-17(27)24-19)23-20-21-10-9-18(25-20)28-13-14-5-3-2-4-6-14/h2-6,9-12,16,19H,7-8,13H2,1H3,(H,24,27)(H,21,23,25)/t16-,19+/m1/s1. The number of anilines is 1. The van der Waals surface area contributed by atoms with Crippen molar-refractivity contribution in [3.63, 3.8) is 0 Å². The number of ether oxygens (including phenoxy) is 1. The third kappa shape index (κ3) is 4.28. The topological polar surface area (TPSA) is 94.0 Å². The summed E-state index contributed by atoms with van der Waals surface area (Å²) in [6.45, 7) is 0.440. The Morgan fingerprint density at radius 1 is 1.29 bits per heavy atom. The predicted molar refractivity (Wildman–Crippen MR) is 104 cm³/mol. The molecule has 1 aromatic carbocycles. The van der Waals surface area contributed by atoms with Gasteiger partial charge in [-0.15, -0.1) is 0 Å². The summed E-state index contributed by atoms with van der Waals surface area (Å²) in [4.78, 5) is 20.7. The van der Waals surface area contributed by atoms with Crippen LogP contribution in [-0.4, -0.2) is 31.7 Å². The van der Waals surface area contributed by atoms with Gasteiger partial charge < -0.3 is 15.4 Å². The molecule has 1 saturated heterocycles. The van der Waals surface area contributed by atoms with Crippen LogP contribution in [0.4, 0.5) is 5.95 Å². The molecular weight excluding hydrogens is 356 g/mol. The molecule has 2 atom stereocenters. The van der Waals surface area contributed by atoms with Crippen molar-refractivity contribution in [1.82, 2.24) is 25.1 Å². The number of aryl methyl sites for hydroxylation is 1. The zero-order valence-electron chi connectivity index (χ0n) is 15.6. The lowest BCUT2D eigenvalue weighted by molar-refractivity contribution is -0.123. The first-order valence-electron chi connectivity index (χ1n) is 9.21. The van der Waals surface area contributed by atoms with E-state index in [-0.39, 0.29) is 18.0 Å². The van der Waals surface area contributed by atoms with Gasteiger partial charge in [0.25, 0.3) is 0 Å². The molecule has 8 nitrogen and oxygen atoms in total. The summed E-state index contributed by atoms with van der Waals surface area (Å²) in [6.07, 6.45) is 6.48. The van der Waals surface area contributed by atoms with Crippen molar-refractivity contribution in [3.05, 3.63) is 66.1 Å². The average Bonchev–Trinajstić information content (AvgIpc) is 3.15. The molecule has 0 aliphatic carbocycles. The lowest BCUT2D eigenvalue weighted by Crippen LogP contribution is -2.45. The SMILES string of the molecule is Cn1cc([C@@H]2NC(=O)CC[C@H]2Nc2nccc(OCc3ccccc3)n2)cn1. The van der Waals surface area contributed by atoms with Crippen molar-refractivity contribution >= 4 is 11.9 Å². The first kappa shape index (κ1) is 18.0. The summed E-state index contributed by atoms with van der Waals surface area (Å²) in [5, 5.41) is 10.6. The second-order valence-corrected chi connectivity index (χ2v) is 6.77. The van der Waals surface area contributed by atoms with Gasteiger partial charge in [0, 0.05) is 37.5 Å². The fourth-order valence-corrected chi connectivity index (χ4v) is 3.26. The maximum atomic E-state index is 11.9. The van der Waals surface area contributed by atoms with Crippen LogP contribution >= 0.6 is 0 Å². The number of rotatable bonds is 6. The van der Waals surface area contributed by atoms with Crippen LogP contribution in [0.1, 0.15) is 30.0 Å². The van der Waals surface area contributed by atoms with Crippen molar-refractivity contribution in [2.24, 2.45) is 7.05 Å². The minimum atomic E-state index is -0.188. The summed E-state index contributed by atoms with van der Waals surface area (Å²) >= 11 is 0. The third-order valence-electron chi connectivity index (χ3n) is 4.66. The van der Waals surface area contributed by atoms with Gasteiger partial charge in [-0.1, -0.05) is 30.3 Å². The number of amides is 1. The van der Waals surface area contributed by atoms with Crippen LogP contribution in [-0.2, 0) is 18.4 Å².